The van der Waals surface area contributed by atoms with Crippen LogP contribution in [0, 0.1) is 13.8 Å². The third-order valence-electron chi connectivity index (χ3n) is 4.77. The van der Waals surface area contributed by atoms with Crippen LogP contribution in [0.1, 0.15) is 40.9 Å². The molecule has 1 aliphatic heterocycles. The lowest BCUT2D eigenvalue weighted by Crippen LogP contribution is -2.41. The van der Waals surface area contributed by atoms with E-state index in [0.29, 0.717) is 0 Å². The van der Waals surface area contributed by atoms with E-state index in [1.165, 1.54) is 17.3 Å². The van der Waals surface area contributed by atoms with Gasteiger partial charge in [-0.1, -0.05) is 12.1 Å². The molecule has 2 heterocycles. The van der Waals surface area contributed by atoms with Gasteiger partial charge in [0.25, 0.3) is 5.91 Å². The average molecular weight is 283 g/mol. The first-order valence-electron chi connectivity index (χ1n) is 7.78. The number of pyridine rings is 1. The van der Waals surface area contributed by atoms with Crippen LogP contribution >= 0.6 is 0 Å². The van der Waals surface area contributed by atoms with Crippen LogP contribution < -0.4 is 4.57 Å². The SMILES string of the molecule is Cc1c(C(=O)N2CCCCC2)c(C)[n+](C)c2ccccc12. The molecule has 2 aromatic rings. The topological polar surface area (TPSA) is 24.2 Å². The number of nitrogens with zero attached hydrogens (tertiary/aromatic N) is 2. The summed E-state index contributed by atoms with van der Waals surface area (Å²) in [6, 6.07) is 8.31. The van der Waals surface area contributed by atoms with Crippen LogP contribution in [0.2, 0.25) is 0 Å². The van der Waals surface area contributed by atoms with Crippen molar-refractivity contribution in [2.45, 2.75) is 33.1 Å². The van der Waals surface area contributed by atoms with E-state index in [1.54, 1.807) is 0 Å². The Hall–Kier alpha value is -1.90. The molecule has 3 nitrogen and oxygen atoms in total. The fourth-order valence-electron chi connectivity index (χ4n) is 3.41. The monoisotopic (exact) mass is 283 g/mol. The van der Waals surface area contributed by atoms with Gasteiger partial charge in [-0.3, -0.25) is 4.79 Å². The van der Waals surface area contributed by atoms with E-state index in [4.69, 9.17) is 0 Å². The minimum Gasteiger partial charge on any atom is -0.338 e. The highest BCUT2D eigenvalue weighted by Crippen LogP contribution is 2.23. The van der Waals surface area contributed by atoms with Gasteiger partial charge < -0.3 is 4.90 Å². The number of likely N-dealkylation sites (tertiary alicyclic amines) is 1. The number of hydrogen-bond acceptors (Lipinski definition) is 1. The number of aryl methyl sites for hydroxylation is 2. The quantitative estimate of drug-likeness (QED) is 0.738. The number of carbonyl (C=O) groups is 1. The summed E-state index contributed by atoms with van der Waals surface area (Å²) in [6.45, 7) is 5.92. The molecule has 1 aliphatic rings. The van der Waals surface area contributed by atoms with Crippen molar-refractivity contribution in [2.75, 3.05) is 13.1 Å². The molecule has 110 valence electrons. The number of fused-ring (bicyclic) bond motifs is 1. The molecule has 3 heteroatoms. The molecule has 1 amide bonds. The molecule has 1 fully saturated rings. The number of para-hydroxylation sites is 1. The highest BCUT2D eigenvalue weighted by molar-refractivity contribution is 6.00. The van der Waals surface area contributed by atoms with Crippen LogP contribution in [0.15, 0.2) is 24.3 Å². The van der Waals surface area contributed by atoms with E-state index >= 15 is 0 Å². The van der Waals surface area contributed by atoms with Gasteiger partial charge in [0.1, 0.15) is 12.6 Å². The highest BCUT2D eigenvalue weighted by Gasteiger charge is 2.27. The van der Waals surface area contributed by atoms with Crippen molar-refractivity contribution in [3.05, 3.63) is 41.1 Å². The van der Waals surface area contributed by atoms with Crippen LogP contribution in [0.4, 0.5) is 0 Å². The molecule has 0 unspecified atom stereocenters. The van der Waals surface area contributed by atoms with Gasteiger partial charge >= 0.3 is 0 Å². The van der Waals surface area contributed by atoms with Gasteiger partial charge in [-0.05, 0) is 37.8 Å². The summed E-state index contributed by atoms with van der Waals surface area (Å²) in [5.74, 6) is 0.200. The van der Waals surface area contributed by atoms with Gasteiger partial charge in [-0.2, -0.15) is 4.57 Å². The third-order valence-corrected chi connectivity index (χ3v) is 4.77. The number of piperidine rings is 1. The number of amides is 1. The van der Waals surface area contributed by atoms with Crippen molar-refractivity contribution in [1.82, 2.24) is 4.90 Å². The Morgan fingerprint density at radius 3 is 2.48 bits per heavy atom. The second-order valence-electron chi connectivity index (χ2n) is 6.01. The zero-order valence-corrected chi connectivity index (χ0v) is 13.1. The Balaban J connectivity index is 2.15. The summed E-state index contributed by atoms with van der Waals surface area (Å²) in [5.41, 5.74) is 4.24. The molecule has 3 rings (SSSR count). The number of carbonyl (C=O) groups excluding carboxylic acids is 1. The predicted molar refractivity (Wildman–Crippen MR) is 84.4 cm³/mol. The lowest BCUT2D eigenvalue weighted by atomic mass is 9.99. The Bertz CT molecular complexity index is 700. The molecule has 0 saturated carbocycles. The molecule has 0 aliphatic carbocycles. The predicted octanol–water partition coefficient (Wildman–Crippen LogP) is 2.91. The molecule has 0 N–H and O–H groups in total. The van der Waals surface area contributed by atoms with E-state index in [9.17, 15) is 4.79 Å². The van der Waals surface area contributed by atoms with Gasteiger partial charge in [0.2, 0.25) is 5.52 Å². The number of aromatic nitrogens is 1. The van der Waals surface area contributed by atoms with E-state index in [0.717, 1.165) is 42.8 Å². The maximum atomic E-state index is 12.9. The van der Waals surface area contributed by atoms with E-state index < -0.39 is 0 Å². The van der Waals surface area contributed by atoms with Crippen molar-refractivity contribution in [3.8, 4) is 0 Å². The van der Waals surface area contributed by atoms with Crippen molar-refractivity contribution in [1.29, 1.82) is 0 Å². The second kappa shape index (κ2) is 5.47. The third kappa shape index (κ3) is 2.31. The zero-order valence-electron chi connectivity index (χ0n) is 13.1. The Labute approximate surface area is 126 Å². The molecule has 1 saturated heterocycles. The first-order valence-corrected chi connectivity index (χ1v) is 7.78. The van der Waals surface area contributed by atoms with E-state index in [2.05, 4.69) is 30.5 Å². The summed E-state index contributed by atoms with van der Waals surface area (Å²) in [5, 5.41) is 1.17. The largest absolute Gasteiger partial charge is 0.338 e. The zero-order chi connectivity index (χ0) is 15.0. The smallest absolute Gasteiger partial charge is 0.260 e. The fraction of sp³-hybridized carbons (Fsp3) is 0.444. The Kier molecular flexibility index (Phi) is 3.66. The minimum atomic E-state index is 0.200. The highest BCUT2D eigenvalue weighted by atomic mass is 16.2. The summed E-state index contributed by atoms with van der Waals surface area (Å²) >= 11 is 0. The molecule has 1 aromatic carbocycles. The maximum absolute atomic E-state index is 12.9. The molecule has 0 bridgehead atoms. The minimum absolute atomic E-state index is 0.200. The van der Waals surface area contributed by atoms with Crippen LogP contribution in [0.5, 0.6) is 0 Å². The first kappa shape index (κ1) is 14.1. The Morgan fingerprint density at radius 1 is 1.10 bits per heavy atom. The van der Waals surface area contributed by atoms with Crippen molar-refractivity contribution < 1.29 is 9.36 Å². The molecule has 0 radical (unpaired) electrons. The van der Waals surface area contributed by atoms with Crippen molar-refractivity contribution in [3.63, 3.8) is 0 Å². The van der Waals surface area contributed by atoms with E-state index in [-0.39, 0.29) is 5.91 Å². The first-order chi connectivity index (χ1) is 10.1. The summed E-state index contributed by atoms with van der Waals surface area (Å²) in [6.07, 6.45) is 3.50. The molecule has 1 aromatic heterocycles. The molecular weight excluding hydrogens is 260 g/mol. The van der Waals surface area contributed by atoms with Gasteiger partial charge in [-0.15, -0.1) is 0 Å². The summed E-state index contributed by atoms with van der Waals surface area (Å²) in [7, 11) is 2.05. The molecule has 0 atom stereocenters. The molecule has 21 heavy (non-hydrogen) atoms. The maximum Gasteiger partial charge on any atom is 0.260 e. The second-order valence-corrected chi connectivity index (χ2v) is 6.01. The van der Waals surface area contributed by atoms with Crippen LogP contribution in [-0.2, 0) is 7.05 Å². The fourth-order valence-corrected chi connectivity index (χ4v) is 3.41. The van der Waals surface area contributed by atoms with Gasteiger partial charge in [-0.25, -0.2) is 0 Å². The standard InChI is InChI=1S/C18H23N2O/c1-13-15-9-5-6-10-16(15)19(3)14(2)17(13)18(21)20-11-7-4-8-12-20/h5-6,9-10H,4,7-8,11-12H2,1-3H3/q+1. The summed E-state index contributed by atoms with van der Waals surface area (Å²) in [4.78, 5) is 15.0. The van der Waals surface area contributed by atoms with Crippen molar-refractivity contribution in [2.24, 2.45) is 7.05 Å². The van der Waals surface area contributed by atoms with E-state index in [1.807, 2.05) is 24.1 Å². The number of hydrogen-bond donors (Lipinski definition) is 0. The number of benzene rings is 1. The summed E-state index contributed by atoms with van der Waals surface area (Å²) < 4.78 is 2.14. The Morgan fingerprint density at radius 2 is 1.76 bits per heavy atom. The molecular formula is C18H23N2O+. The number of rotatable bonds is 1. The van der Waals surface area contributed by atoms with Crippen LogP contribution in [-0.4, -0.2) is 23.9 Å². The van der Waals surface area contributed by atoms with Crippen molar-refractivity contribution >= 4 is 16.8 Å². The van der Waals surface area contributed by atoms with Crippen LogP contribution in [0.25, 0.3) is 10.9 Å². The van der Waals surface area contributed by atoms with Gasteiger partial charge in [0.15, 0.2) is 5.69 Å². The van der Waals surface area contributed by atoms with Crippen LogP contribution in [0.3, 0.4) is 0 Å². The normalized spacial score (nSPS) is 15.5. The van der Waals surface area contributed by atoms with Gasteiger partial charge in [0.05, 0.1) is 5.39 Å². The lowest BCUT2D eigenvalue weighted by Gasteiger charge is -2.27. The average Bonchev–Trinajstić information content (AvgIpc) is 2.53. The van der Waals surface area contributed by atoms with Gasteiger partial charge in [0, 0.05) is 26.1 Å². The lowest BCUT2D eigenvalue weighted by molar-refractivity contribution is -0.651. The molecule has 0 spiro atoms.